The van der Waals surface area contributed by atoms with Gasteiger partial charge in [-0.1, -0.05) is 18.2 Å². The van der Waals surface area contributed by atoms with E-state index in [-0.39, 0.29) is 6.09 Å². The Hall–Kier alpha value is -2.04. The number of carbonyl (C=O) groups excluding carboxylic acids is 1. The Bertz CT molecular complexity index is 722. The third kappa shape index (κ3) is 3.71. The Morgan fingerprint density at radius 1 is 1.25 bits per heavy atom. The SMILES string of the molecule is Cc1nn(CC2CCN(C(=O)OC(C)(C)C)CC2)c2ccccc12. The zero-order chi connectivity index (χ0) is 17.3. The Balaban J connectivity index is 1.60. The lowest BCUT2D eigenvalue weighted by atomic mass is 9.97. The number of aromatic nitrogens is 2. The molecule has 2 heterocycles. The maximum Gasteiger partial charge on any atom is 0.410 e. The summed E-state index contributed by atoms with van der Waals surface area (Å²) in [6.45, 7) is 10.2. The maximum absolute atomic E-state index is 12.1. The van der Waals surface area contributed by atoms with E-state index in [9.17, 15) is 4.79 Å². The number of nitrogens with zero attached hydrogens (tertiary/aromatic N) is 3. The van der Waals surface area contributed by atoms with Gasteiger partial charge >= 0.3 is 6.09 Å². The number of carbonyl (C=O) groups is 1. The van der Waals surface area contributed by atoms with Gasteiger partial charge in [0, 0.05) is 25.0 Å². The minimum Gasteiger partial charge on any atom is -0.444 e. The van der Waals surface area contributed by atoms with Crippen molar-refractivity contribution in [2.75, 3.05) is 13.1 Å². The summed E-state index contributed by atoms with van der Waals surface area (Å²) in [5.74, 6) is 0.548. The van der Waals surface area contributed by atoms with Crippen LogP contribution in [0.25, 0.3) is 10.9 Å². The highest BCUT2D eigenvalue weighted by Crippen LogP contribution is 2.24. The second kappa shape index (κ2) is 6.46. The third-order valence-corrected chi connectivity index (χ3v) is 4.54. The molecule has 0 aliphatic carbocycles. The molecule has 1 aromatic carbocycles. The van der Waals surface area contributed by atoms with E-state index in [4.69, 9.17) is 9.84 Å². The molecule has 0 radical (unpaired) electrons. The number of ether oxygens (including phenoxy) is 1. The Morgan fingerprint density at radius 2 is 1.92 bits per heavy atom. The molecule has 0 bridgehead atoms. The molecular formula is C19H27N3O2. The largest absolute Gasteiger partial charge is 0.444 e. The van der Waals surface area contributed by atoms with Crippen molar-refractivity contribution in [3.05, 3.63) is 30.0 Å². The summed E-state index contributed by atoms with van der Waals surface area (Å²) < 4.78 is 7.58. The normalized spacial score (nSPS) is 16.6. The van der Waals surface area contributed by atoms with Gasteiger partial charge in [-0.2, -0.15) is 5.10 Å². The van der Waals surface area contributed by atoms with Crippen LogP contribution in [0.1, 0.15) is 39.3 Å². The van der Waals surface area contributed by atoms with Crippen molar-refractivity contribution in [1.29, 1.82) is 0 Å². The van der Waals surface area contributed by atoms with Gasteiger partial charge in [-0.15, -0.1) is 0 Å². The van der Waals surface area contributed by atoms with Gasteiger partial charge in [0.15, 0.2) is 0 Å². The first-order valence-corrected chi connectivity index (χ1v) is 8.73. The molecule has 5 heteroatoms. The molecule has 0 N–H and O–H groups in total. The topological polar surface area (TPSA) is 47.4 Å². The smallest absolute Gasteiger partial charge is 0.410 e. The van der Waals surface area contributed by atoms with Crippen LogP contribution < -0.4 is 0 Å². The van der Waals surface area contributed by atoms with E-state index in [1.807, 2.05) is 25.7 Å². The highest BCUT2D eigenvalue weighted by molar-refractivity contribution is 5.81. The van der Waals surface area contributed by atoms with Crippen LogP contribution in [0, 0.1) is 12.8 Å². The van der Waals surface area contributed by atoms with Crippen molar-refractivity contribution in [3.8, 4) is 0 Å². The van der Waals surface area contributed by atoms with Gasteiger partial charge in [-0.05, 0) is 52.5 Å². The average molecular weight is 329 g/mol. The fourth-order valence-corrected chi connectivity index (χ4v) is 3.30. The molecule has 0 atom stereocenters. The summed E-state index contributed by atoms with van der Waals surface area (Å²) in [6, 6.07) is 8.37. The van der Waals surface area contributed by atoms with Crippen LogP contribution in [-0.4, -0.2) is 39.5 Å². The lowest BCUT2D eigenvalue weighted by Gasteiger charge is -2.33. The van der Waals surface area contributed by atoms with E-state index < -0.39 is 5.60 Å². The molecule has 1 fully saturated rings. The monoisotopic (exact) mass is 329 g/mol. The van der Waals surface area contributed by atoms with Crippen molar-refractivity contribution >= 4 is 17.0 Å². The number of fused-ring (bicyclic) bond motifs is 1. The number of rotatable bonds is 2. The van der Waals surface area contributed by atoms with Crippen LogP contribution in [0.2, 0.25) is 0 Å². The number of hydrogen-bond acceptors (Lipinski definition) is 3. The fraction of sp³-hybridized carbons (Fsp3) is 0.579. The summed E-state index contributed by atoms with van der Waals surface area (Å²) in [7, 11) is 0. The fourth-order valence-electron chi connectivity index (χ4n) is 3.30. The summed E-state index contributed by atoms with van der Waals surface area (Å²) >= 11 is 0. The average Bonchev–Trinajstić information content (AvgIpc) is 2.83. The van der Waals surface area contributed by atoms with E-state index in [2.05, 4.69) is 35.9 Å². The van der Waals surface area contributed by atoms with Gasteiger partial charge in [0.2, 0.25) is 0 Å². The molecule has 1 aromatic heterocycles. The molecule has 0 unspecified atom stereocenters. The molecule has 5 nitrogen and oxygen atoms in total. The number of amides is 1. The Labute approximate surface area is 143 Å². The molecule has 0 spiro atoms. The summed E-state index contributed by atoms with van der Waals surface area (Å²) in [6.07, 6.45) is 1.79. The quantitative estimate of drug-likeness (QED) is 0.837. The Kier molecular flexibility index (Phi) is 4.52. The van der Waals surface area contributed by atoms with Crippen molar-refractivity contribution in [2.45, 2.75) is 52.7 Å². The van der Waals surface area contributed by atoms with E-state index in [1.165, 1.54) is 10.9 Å². The van der Waals surface area contributed by atoms with Crippen LogP contribution in [0.5, 0.6) is 0 Å². The van der Waals surface area contributed by atoms with Gasteiger partial charge in [-0.25, -0.2) is 4.79 Å². The minimum absolute atomic E-state index is 0.193. The van der Waals surface area contributed by atoms with Gasteiger partial charge < -0.3 is 9.64 Å². The van der Waals surface area contributed by atoms with Crippen LogP contribution >= 0.6 is 0 Å². The first-order valence-electron chi connectivity index (χ1n) is 8.73. The van der Waals surface area contributed by atoms with Crippen LogP contribution in [0.15, 0.2) is 24.3 Å². The predicted octanol–water partition coefficient (Wildman–Crippen LogP) is 3.99. The second-order valence-electron chi connectivity index (χ2n) is 7.70. The molecule has 1 amide bonds. The zero-order valence-electron chi connectivity index (χ0n) is 15.1. The second-order valence-corrected chi connectivity index (χ2v) is 7.70. The van der Waals surface area contributed by atoms with Gasteiger partial charge in [0.1, 0.15) is 5.60 Å². The number of benzene rings is 1. The van der Waals surface area contributed by atoms with Crippen molar-refractivity contribution < 1.29 is 9.53 Å². The molecule has 0 saturated carbocycles. The van der Waals surface area contributed by atoms with E-state index in [0.29, 0.717) is 5.92 Å². The van der Waals surface area contributed by atoms with Crippen molar-refractivity contribution in [1.82, 2.24) is 14.7 Å². The van der Waals surface area contributed by atoms with E-state index in [0.717, 1.165) is 38.2 Å². The molecule has 24 heavy (non-hydrogen) atoms. The van der Waals surface area contributed by atoms with Crippen molar-refractivity contribution in [3.63, 3.8) is 0 Å². The van der Waals surface area contributed by atoms with Crippen LogP contribution in [0.4, 0.5) is 4.79 Å². The molecule has 3 rings (SSSR count). The lowest BCUT2D eigenvalue weighted by Crippen LogP contribution is -2.42. The number of para-hydroxylation sites is 1. The van der Waals surface area contributed by atoms with Crippen molar-refractivity contribution in [2.24, 2.45) is 5.92 Å². The first-order chi connectivity index (χ1) is 11.3. The number of likely N-dealkylation sites (tertiary alicyclic amines) is 1. The molecule has 2 aromatic rings. The van der Waals surface area contributed by atoms with Crippen LogP contribution in [0.3, 0.4) is 0 Å². The predicted molar refractivity (Wildman–Crippen MR) is 95.0 cm³/mol. The summed E-state index contributed by atoms with van der Waals surface area (Å²) in [5, 5.41) is 5.92. The summed E-state index contributed by atoms with van der Waals surface area (Å²) in [4.78, 5) is 14.0. The summed E-state index contributed by atoms with van der Waals surface area (Å²) in [5.41, 5.74) is 1.85. The third-order valence-electron chi connectivity index (χ3n) is 4.54. The van der Waals surface area contributed by atoms with E-state index >= 15 is 0 Å². The molecule has 1 aliphatic rings. The molecule has 1 aliphatic heterocycles. The van der Waals surface area contributed by atoms with Gasteiger partial charge in [0.05, 0.1) is 11.2 Å². The molecule has 1 saturated heterocycles. The molecule has 130 valence electrons. The Morgan fingerprint density at radius 3 is 2.58 bits per heavy atom. The van der Waals surface area contributed by atoms with Crippen LogP contribution in [-0.2, 0) is 11.3 Å². The first kappa shape index (κ1) is 16.8. The zero-order valence-corrected chi connectivity index (χ0v) is 15.1. The lowest BCUT2D eigenvalue weighted by molar-refractivity contribution is 0.0177. The highest BCUT2D eigenvalue weighted by atomic mass is 16.6. The van der Waals surface area contributed by atoms with Gasteiger partial charge in [-0.3, -0.25) is 4.68 Å². The van der Waals surface area contributed by atoms with Gasteiger partial charge in [0.25, 0.3) is 0 Å². The number of aryl methyl sites for hydroxylation is 1. The standard InChI is InChI=1S/C19H27N3O2/c1-14-16-7-5-6-8-17(16)22(20-14)13-15-9-11-21(12-10-15)18(23)24-19(2,3)4/h5-8,15H,9-13H2,1-4H3. The number of hydrogen-bond donors (Lipinski definition) is 0. The number of piperidine rings is 1. The van der Waals surface area contributed by atoms with E-state index in [1.54, 1.807) is 0 Å². The highest BCUT2D eigenvalue weighted by Gasteiger charge is 2.27. The maximum atomic E-state index is 12.1. The molecular weight excluding hydrogens is 302 g/mol. The minimum atomic E-state index is -0.431.